The number of nitrogens with zero attached hydrogens (tertiary/aromatic N) is 5. The van der Waals surface area contributed by atoms with Gasteiger partial charge in [0.25, 0.3) is 6.04 Å². The maximum atomic E-state index is 4.43. The summed E-state index contributed by atoms with van der Waals surface area (Å²) in [5.41, 5.74) is 4.05. The molecule has 1 saturated heterocycles. The molecule has 120 valence electrons. The third-order valence-electron chi connectivity index (χ3n) is 4.85. The number of hydrogen-bond donors (Lipinski definition) is 1. The molecule has 21 heavy (non-hydrogen) atoms. The summed E-state index contributed by atoms with van der Waals surface area (Å²) in [5, 5.41) is 6.80. The number of hydrazine groups is 1. The molecule has 6 nitrogen and oxygen atoms in total. The highest BCUT2D eigenvalue weighted by Gasteiger charge is 2.51. The van der Waals surface area contributed by atoms with E-state index in [0.717, 1.165) is 24.2 Å². The van der Waals surface area contributed by atoms with Crippen molar-refractivity contribution < 1.29 is 9.29 Å². The third-order valence-corrected chi connectivity index (χ3v) is 4.85. The Balaban J connectivity index is 2.03. The number of quaternary nitrogens is 1. The van der Waals surface area contributed by atoms with Crippen LogP contribution in [0.1, 0.15) is 34.6 Å². The van der Waals surface area contributed by atoms with Crippen molar-refractivity contribution in [2.75, 3.05) is 40.8 Å². The normalized spacial score (nSPS) is 30.0. The van der Waals surface area contributed by atoms with E-state index in [4.69, 9.17) is 0 Å². The van der Waals surface area contributed by atoms with Crippen molar-refractivity contribution >= 4 is 0 Å². The molecule has 0 bridgehead atoms. The van der Waals surface area contributed by atoms with Crippen molar-refractivity contribution in [1.82, 2.24) is 15.5 Å². The van der Waals surface area contributed by atoms with E-state index >= 15 is 0 Å². The van der Waals surface area contributed by atoms with E-state index in [0.29, 0.717) is 6.04 Å². The molecule has 2 aliphatic rings. The lowest BCUT2D eigenvalue weighted by Gasteiger charge is -2.36. The maximum Gasteiger partial charge on any atom is 0.392 e. The largest absolute Gasteiger partial charge is 0.392 e. The van der Waals surface area contributed by atoms with E-state index in [1.54, 1.807) is 0 Å². The van der Waals surface area contributed by atoms with Crippen LogP contribution in [0.3, 0.4) is 0 Å². The minimum absolute atomic E-state index is 0.105. The number of likely N-dealkylation sites (N-methyl/N-ethyl adjacent to an activating group) is 2. The first-order chi connectivity index (χ1) is 9.42. The maximum absolute atomic E-state index is 4.43. The lowest BCUT2D eigenvalue weighted by atomic mass is 9.83. The molecule has 2 heterocycles. The Morgan fingerprint density at radius 2 is 1.90 bits per heavy atom. The molecular weight excluding hydrogens is 264 g/mol. The first-order valence-electron chi connectivity index (χ1n) is 7.90. The second-order valence-corrected chi connectivity index (χ2v) is 8.95. The molecule has 0 aliphatic carbocycles. The molecule has 0 aromatic heterocycles. The van der Waals surface area contributed by atoms with Gasteiger partial charge in [0.2, 0.25) is 6.54 Å². The van der Waals surface area contributed by atoms with Gasteiger partial charge in [0.1, 0.15) is 6.04 Å². The van der Waals surface area contributed by atoms with Crippen LogP contribution >= 0.6 is 0 Å². The van der Waals surface area contributed by atoms with Crippen molar-refractivity contribution in [3.8, 4) is 0 Å². The van der Waals surface area contributed by atoms with Gasteiger partial charge in [0.05, 0.1) is 25.3 Å². The highest BCUT2D eigenvalue weighted by atomic mass is 15.9. The van der Waals surface area contributed by atoms with Gasteiger partial charge in [-0.2, -0.15) is 5.01 Å². The Morgan fingerprint density at radius 3 is 2.33 bits per heavy atom. The highest BCUT2D eigenvalue weighted by Crippen LogP contribution is 2.33. The summed E-state index contributed by atoms with van der Waals surface area (Å²) < 4.78 is 2.77. The quantitative estimate of drug-likeness (QED) is 0.484. The molecule has 0 amide bonds. The smallest absolute Gasteiger partial charge is 0.232 e. The van der Waals surface area contributed by atoms with E-state index in [9.17, 15) is 0 Å². The third kappa shape index (κ3) is 3.51. The molecule has 2 unspecified atom stereocenters. The van der Waals surface area contributed by atoms with Crippen LogP contribution in [-0.2, 0) is 0 Å². The molecule has 2 rings (SSSR count). The molecule has 0 aromatic carbocycles. The van der Waals surface area contributed by atoms with E-state index < -0.39 is 0 Å². The Kier molecular flexibility index (Phi) is 4.04. The van der Waals surface area contributed by atoms with Gasteiger partial charge in [0, 0.05) is 17.4 Å². The van der Waals surface area contributed by atoms with E-state index in [-0.39, 0.29) is 16.9 Å². The van der Waals surface area contributed by atoms with Crippen LogP contribution in [0, 0.1) is 10.8 Å². The van der Waals surface area contributed by atoms with Crippen molar-refractivity contribution in [2.24, 2.45) is 15.9 Å². The number of rotatable bonds is 3. The molecule has 1 fully saturated rings. The molecule has 0 aromatic rings. The summed E-state index contributed by atoms with van der Waals surface area (Å²) in [6.07, 6.45) is 0. The molecular formula is C15H33N6+3. The Bertz CT molecular complexity index is 467. The topological polar surface area (TPSA) is 44.7 Å². The minimum atomic E-state index is 0.105. The van der Waals surface area contributed by atoms with Gasteiger partial charge in [-0.3, -0.25) is 0 Å². The zero-order chi connectivity index (χ0) is 16.1. The molecule has 2 atom stereocenters. The fraction of sp³-hybridized carbons (Fsp3) is 1.00. The minimum Gasteiger partial charge on any atom is -0.232 e. The van der Waals surface area contributed by atoms with Crippen molar-refractivity contribution in [1.29, 1.82) is 0 Å². The Hall–Kier alpha value is -0.810. The van der Waals surface area contributed by atoms with Gasteiger partial charge in [-0.1, -0.05) is 40.2 Å². The average molecular weight is 297 g/mol. The summed E-state index contributed by atoms with van der Waals surface area (Å²) in [6.45, 7) is 14.5. The van der Waals surface area contributed by atoms with E-state index in [1.165, 1.54) is 0 Å². The van der Waals surface area contributed by atoms with Crippen LogP contribution in [0.25, 0.3) is 0 Å². The number of nitrogens with one attached hydrogen (secondary N) is 1. The predicted octanol–water partition coefficient (Wildman–Crippen LogP) is 1.24. The van der Waals surface area contributed by atoms with Gasteiger partial charge in [-0.05, 0) is 0 Å². The predicted molar refractivity (Wildman–Crippen MR) is 83.2 cm³/mol. The van der Waals surface area contributed by atoms with Crippen LogP contribution in [0.15, 0.2) is 5.11 Å². The van der Waals surface area contributed by atoms with Crippen molar-refractivity contribution in [2.45, 2.75) is 46.7 Å². The monoisotopic (exact) mass is 297 g/mol. The molecule has 0 spiro atoms. The Morgan fingerprint density at radius 1 is 1.29 bits per heavy atom. The van der Waals surface area contributed by atoms with Crippen LogP contribution in [0.2, 0.25) is 0 Å². The van der Waals surface area contributed by atoms with Gasteiger partial charge < -0.3 is 0 Å². The molecule has 6 heteroatoms. The second kappa shape index (κ2) is 5.13. The molecule has 0 radical (unpaired) electrons. The van der Waals surface area contributed by atoms with Gasteiger partial charge in [-0.25, -0.2) is 4.59 Å². The lowest BCUT2D eigenvalue weighted by Crippen LogP contribution is -2.58. The van der Waals surface area contributed by atoms with Crippen LogP contribution in [0.4, 0.5) is 0 Å². The van der Waals surface area contributed by atoms with Crippen molar-refractivity contribution in [3.05, 3.63) is 0 Å². The SMILES string of the molecule is C[N+]1=[N+]=NC(C(C)(C)CN2CC(C(C)(C)C)[N+](C)(C)N2)C1. The van der Waals surface area contributed by atoms with Crippen LogP contribution in [-0.4, -0.2) is 67.2 Å². The summed E-state index contributed by atoms with van der Waals surface area (Å²) >= 11 is 0. The van der Waals surface area contributed by atoms with Gasteiger partial charge in [-0.15, -0.1) is 0 Å². The summed E-state index contributed by atoms with van der Waals surface area (Å²) in [5.74, 6) is 0. The van der Waals surface area contributed by atoms with E-state index in [1.807, 2.05) is 11.7 Å². The zero-order valence-electron chi connectivity index (χ0n) is 15.0. The molecule has 2 aliphatic heterocycles. The molecule has 0 saturated carbocycles. The van der Waals surface area contributed by atoms with Crippen molar-refractivity contribution in [3.63, 3.8) is 0 Å². The first kappa shape index (κ1) is 16.6. The highest BCUT2D eigenvalue weighted by molar-refractivity contribution is 4.88. The molecule has 1 N–H and O–H groups in total. The second-order valence-electron chi connectivity index (χ2n) is 8.95. The lowest BCUT2D eigenvalue weighted by molar-refractivity contribution is -0.956. The standard InChI is InChI=1S/C15H33N6/c1-14(2,3)13-10-20(18-21(13,7)8)11-15(4,5)12-9-19(6)17-16-12/h12-13,18H,9-11H2,1-8H3/q+3. The Labute approximate surface area is 129 Å². The zero-order valence-corrected chi connectivity index (χ0v) is 15.0. The number of hydrogen-bond acceptors (Lipinski definition) is 3. The fourth-order valence-electron chi connectivity index (χ4n) is 3.70. The fourth-order valence-corrected chi connectivity index (χ4v) is 3.70. The van der Waals surface area contributed by atoms with E-state index in [2.05, 4.69) is 69.3 Å². The summed E-state index contributed by atoms with van der Waals surface area (Å²) in [6, 6.07) is 0.842. The van der Waals surface area contributed by atoms with Crippen LogP contribution in [0.5, 0.6) is 0 Å². The summed E-state index contributed by atoms with van der Waals surface area (Å²) in [4.78, 5) is 4.16. The van der Waals surface area contributed by atoms with Gasteiger partial charge in [0.15, 0.2) is 7.05 Å². The first-order valence-corrected chi connectivity index (χ1v) is 7.90. The van der Waals surface area contributed by atoms with Gasteiger partial charge >= 0.3 is 10.0 Å². The summed E-state index contributed by atoms with van der Waals surface area (Å²) in [7, 11) is 6.50. The average Bonchev–Trinajstić information content (AvgIpc) is 2.81. The van der Waals surface area contributed by atoms with Crippen LogP contribution < -0.4 is 10.4 Å².